The Bertz CT molecular complexity index is 524. The van der Waals surface area contributed by atoms with Gasteiger partial charge in [0.2, 0.25) is 0 Å². The van der Waals surface area contributed by atoms with Crippen LogP contribution in [0.4, 0.5) is 0 Å². The summed E-state index contributed by atoms with van der Waals surface area (Å²) in [5.74, 6) is -0.0257. The molecular formula is C21H33NO3. The van der Waals surface area contributed by atoms with E-state index in [1.807, 2.05) is 19.1 Å². The van der Waals surface area contributed by atoms with E-state index >= 15 is 0 Å². The van der Waals surface area contributed by atoms with E-state index < -0.39 is 0 Å². The SMILES string of the molecule is CCN(CC)CCOC(=O)[C@@H](C)c1ccc(C[C@H]2CCC[C@@H]2O)cc1. The maximum atomic E-state index is 12.2. The number of rotatable bonds is 9. The molecule has 4 nitrogen and oxygen atoms in total. The monoisotopic (exact) mass is 347 g/mol. The molecule has 140 valence electrons. The molecule has 0 saturated heterocycles. The van der Waals surface area contributed by atoms with Gasteiger partial charge in [-0.1, -0.05) is 44.5 Å². The van der Waals surface area contributed by atoms with Crippen LogP contribution in [-0.2, 0) is 16.0 Å². The Hall–Kier alpha value is -1.39. The molecule has 25 heavy (non-hydrogen) atoms. The van der Waals surface area contributed by atoms with Crippen molar-refractivity contribution in [1.82, 2.24) is 4.90 Å². The highest BCUT2D eigenvalue weighted by Crippen LogP contribution is 2.29. The summed E-state index contributed by atoms with van der Waals surface area (Å²) in [4.78, 5) is 14.5. The predicted octanol–water partition coefficient (Wildman–Crippen LogP) is 3.38. The van der Waals surface area contributed by atoms with E-state index in [0.717, 1.165) is 50.9 Å². The zero-order valence-corrected chi connectivity index (χ0v) is 15.9. The van der Waals surface area contributed by atoms with E-state index in [4.69, 9.17) is 4.74 Å². The van der Waals surface area contributed by atoms with Crippen molar-refractivity contribution >= 4 is 5.97 Å². The second-order valence-corrected chi connectivity index (χ2v) is 7.12. The number of hydrogen-bond donors (Lipinski definition) is 1. The molecule has 1 N–H and O–H groups in total. The molecule has 0 aliphatic heterocycles. The highest BCUT2D eigenvalue weighted by atomic mass is 16.5. The normalized spacial score (nSPS) is 21.5. The third-order valence-electron chi connectivity index (χ3n) is 5.50. The standard InChI is InChI=1S/C21H33NO3/c1-4-22(5-2)13-14-25-21(24)16(3)18-11-9-17(10-12-18)15-19-7-6-8-20(19)23/h9-12,16,19-20,23H,4-8,13-15H2,1-3H3/t16-,19+,20-/m0/s1. The van der Waals surface area contributed by atoms with Crippen molar-refractivity contribution in [2.24, 2.45) is 5.92 Å². The lowest BCUT2D eigenvalue weighted by Gasteiger charge is -2.19. The molecule has 0 bridgehead atoms. The number of benzene rings is 1. The number of hydrogen-bond acceptors (Lipinski definition) is 4. The molecule has 3 atom stereocenters. The Kier molecular flexibility index (Phi) is 7.91. The van der Waals surface area contributed by atoms with Crippen molar-refractivity contribution in [3.8, 4) is 0 Å². The summed E-state index contributed by atoms with van der Waals surface area (Å²) in [7, 11) is 0. The van der Waals surface area contributed by atoms with Crippen LogP contribution in [0.1, 0.15) is 57.1 Å². The van der Waals surface area contributed by atoms with Gasteiger partial charge in [0.1, 0.15) is 6.61 Å². The Morgan fingerprint density at radius 3 is 2.48 bits per heavy atom. The Morgan fingerprint density at radius 2 is 1.92 bits per heavy atom. The third-order valence-corrected chi connectivity index (χ3v) is 5.50. The summed E-state index contributed by atoms with van der Waals surface area (Å²) < 4.78 is 5.43. The Balaban J connectivity index is 1.82. The number of nitrogens with zero attached hydrogens (tertiary/aromatic N) is 1. The van der Waals surface area contributed by atoms with E-state index in [-0.39, 0.29) is 18.0 Å². The quantitative estimate of drug-likeness (QED) is 0.696. The zero-order valence-electron chi connectivity index (χ0n) is 15.9. The molecule has 1 saturated carbocycles. The van der Waals surface area contributed by atoms with Crippen LogP contribution in [0.5, 0.6) is 0 Å². The molecule has 2 rings (SSSR count). The molecule has 0 heterocycles. The second kappa shape index (κ2) is 9.93. The Labute approximate surface area is 152 Å². The molecular weight excluding hydrogens is 314 g/mol. The van der Waals surface area contributed by atoms with Crippen LogP contribution in [0.3, 0.4) is 0 Å². The van der Waals surface area contributed by atoms with Crippen LogP contribution in [0, 0.1) is 5.92 Å². The third kappa shape index (κ3) is 5.82. The fourth-order valence-corrected chi connectivity index (χ4v) is 3.58. The van der Waals surface area contributed by atoms with Gasteiger partial charge in [0.25, 0.3) is 0 Å². The summed E-state index contributed by atoms with van der Waals surface area (Å²) in [6, 6.07) is 8.21. The Morgan fingerprint density at radius 1 is 1.24 bits per heavy atom. The molecule has 1 aliphatic carbocycles. The van der Waals surface area contributed by atoms with E-state index in [2.05, 4.69) is 30.9 Å². The largest absolute Gasteiger partial charge is 0.464 e. The molecule has 0 unspecified atom stereocenters. The second-order valence-electron chi connectivity index (χ2n) is 7.12. The average molecular weight is 347 g/mol. The van der Waals surface area contributed by atoms with Crippen molar-refractivity contribution in [1.29, 1.82) is 0 Å². The number of aliphatic hydroxyl groups excluding tert-OH is 1. The number of carbonyl (C=O) groups excluding carboxylic acids is 1. The first-order valence-corrected chi connectivity index (χ1v) is 9.71. The average Bonchev–Trinajstić information content (AvgIpc) is 3.03. The number of carbonyl (C=O) groups is 1. The molecule has 0 radical (unpaired) electrons. The minimum absolute atomic E-state index is 0.153. The molecule has 1 aliphatic rings. The molecule has 0 spiro atoms. The topological polar surface area (TPSA) is 49.8 Å². The van der Waals surface area contributed by atoms with Gasteiger partial charge in [0, 0.05) is 6.54 Å². The van der Waals surface area contributed by atoms with Crippen LogP contribution in [0.2, 0.25) is 0 Å². The molecule has 0 amide bonds. The van der Waals surface area contributed by atoms with Gasteiger partial charge in [-0.2, -0.15) is 0 Å². The predicted molar refractivity (Wildman–Crippen MR) is 101 cm³/mol. The fraction of sp³-hybridized carbons (Fsp3) is 0.667. The smallest absolute Gasteiger partial charge is 0.313 e. The van der Waals surface area contributed by atoms with Crippen LogP contribution in [0.15, 0.2) is 24.3 Å². The van der Waals surface area contributed by atoms with Crippen molar-refractivity contribution < 1.29 is 14.6 Å². The lowest BCUT2D eigenvalue weighted by atomic mass is 9.94. The first kappa shape index (κ1) is 19.9. The molecule has 0 aromatic heterocycles. The molecule has 1 fully saturated rings. The number of ether oxygens (including phenoxy) is 1. The first-order valence-electron chi connectivity index (χ1n) is 9.71. The van der Waals surface area contributed by atoms with Gasteiger partial charge in [-0.3, -0.25) is 4.79 Å². The molecule has 1 aromatic carbocycles. The zero-order chi connectivity index (χ0) is 18.2. The minimum Gasteiger partial charge on any atom is -0.464 e. The lowest BCUT2D eigenvalue weighted by molar-refractivity contribution is -0.145. The van der Waals surface area contributed by atoms with Crippen LogP contribution in [0.25, 0.3) is 0 Å². The maximum Gasteiger partial charge on any atom is 0.313 e. The van der Waals surface area contributed by atoms with Gasteiger partial charge in [-0.05, 0) is 56.3 Å². The van der Waals surface area contributed by atoms with Gasteiger partial charge in [-0.15, -0.1) is 0 Å². The maximum absolute atomic E-state index is 12.2. The molecule has 4 heteroatoms. The number of esters is 1. The first-order chi connectivity index (χ1) is 12.0. The van der Waals surface area contributed by atoms with Crippen molar-refractivity contribution in [2.75, 3.05) is 26.2 Å². The summed E-state index contributed by atoms with van der Waals surface area (Å²) in [5, 5.41) is 9.96. The molecule has 1 aromatic rings. The van der Waals surface area contributed by atoms with E-state index in [9.17, 15) is 9.90 Å². The van der Waals surface area contributed by atoms with Crippen LogP contribution in [-0.4, -0.2) is 48.3 Å². The summed E-state index contributed by atoms with van der Waals surface area (Å²) in [5.41, 5.74) is 2.22. The van der Waals surface area contributed by atoms with E-state index in [0.29, 0.717) is 12.5 Å². The fourth-order valence-electron chi connectivity index (χ4n) is 3.58. The van der Waals surface area contributed by atoms with Gasteiger partial charge in [-0.25, -0.2) is 0 Å². The summed E-state index contributed by atoms with van der Waals surface area (Å²) in [6.07, 6.45) is 3.93. The lowest BCUT2D eigenvalue weighted by Crippen LogP contribution is -2.28. The van der Waals surface area contributed by atoms with E-state index in [1.165, 1.54) is 5.56 Å². The highest BCUT2D eigenvalue weighted by molar-refractivity contribution is 5.77. The number of likely N-dealkylation sites (N-methyl/N-ethyl adjacent to an activating group) is 1. The number of aliphatic hydroxyl groups is 1. The van der Waals surface area contributed by atoms with Gasteiger partial charge >= 0.3 is 5.97 Å². The minimum atomic E-state index is -0.247. The van der Waals surface area contributed by atoms with Gasteiger partial charge < -0.3 is 14.7 Å². The van der Waals surface area contributed by atoms with Crippen molar-refractivity contribution in [3.63, 3.8) is 0 Å². The van der Waals surface area contributed by atoms with Gasteiger partial charge in [0.05, 0.1) is 12.0 Å². The van der Waals surface area contributed by atoms with Crippen molar-refractivity contribution in [2.45, 2.75) is 58.5 Å². The van der Waals surface area contributed by atoms with Gasteiger partial charge in [0.15, 0.2) is 0 Å². The van der Waals surface area contributed by atoms with Crippen molar-refractivity contribution in [3.05, 3.63) is 35.4 Å². The highest BCUT2D eigenvalue weighted by Gasteiger charge is 2.25. The van der Waals surface area contributed by atoms with E-state index in [1.54, 1.807) is 0 Å². The summed E-state index contributed by atoms with van der Waals surface area (Å²) >= 11 is 0. The van der Waals surface area contributed by atoms with Crippen LogP contribution >= 0.6 is 0 Å². The summed E-state index contributed by atoms with van der Waals surface area (Å²) in [6.45, 7) is 9.30. The van der Waals surface area contributed by atoms with Crippen LogP contribution < -0.4 is 0 Å².